The number of carbonyl (C=O) groups is 3. The molecule has 2 aromatic carbocycles. The summed E-state index contributed by atoms with van der Waals surface area (Å²) < 4.78 is 13.7. The van der Waals surface area contributed by atoms with E-state index >= 15 is 0 Å². The maximum atomic E-state index is 14.0. The zero-order chi connectivity index (χ0) is 22.4. The van der Waals surface area contributed by atoms with E-state index in [1.165, 1.54) is 12.1 Å². The van der Waals surface area contributed by atoms with Crippen molar-refractivity contribution in [3.63, 3.8) is 0 Å². The highest BCUT2D eigenvalue weighted by molar-refractivity contribution is 6.32. The zero-order valence-electron chi connectivity index (χ0n) is 17.4. The Balaban J connectivity index is 1.56. The number of imide groups is 1. The molecule has 32 heavy (non-hydrogen) atoms. The molecule has 4 aliphatic heterocycles. The van der Waals surface area contributed by atoms with E-state index in [0.717, 1.165) is 35.1 Å². The molecule has 0 aromatic heterocycles. The van der Waals surface area contributed by atoms with Gasteiger partial charge in [0.05, 0.1) is 22.5 Å². The number of halogens is 2. The van der Waals surface area contributed by atoms with Gasteiger partial charge in [-0.3, -0.25) is 19.3 Å². The van der Waals surface area contributed by atoms with E-state index in [1.54, 1.807) is 4.90 Å². The molecule has 0 radical (unpaired) electrons. The third-order valence-electron chi connectivity index (χ3n) is 7.62. The summed E-state index contributed by atoms with van der Waals surface area (Å²) in [6.07, 6.45) is 1.61. The standard InChI is InChI=1S/C24H21ClFN3O3/c1-2-27-17-7-4-3-6-14(17)24(23(27)32)20-19(18-8-5-11-28(18)24)21(30)29(22(20)31)13-9-10-16(26)15(25)12-13/h3-4,6-7,9-10,12,18-20H,2,5,8,11H2,1H3/t18-,19+,20-,24+/m0/s1. The summed E-state index contributed by atoms with van der Waals surface area (Å²) in [5.74, 6) is -2.96. The lowest BCUT2D eigenvalue weighted by Gasteiger charge is -2.37. The van der Waals surface area contributed by atoms with Crippen LogP contribution in [0.4, 0.5) is 15.8 Å². The number of carbonyl (C=O) groups excluding carboxylic acids is 3. The molecular weight excluding hydrogens is 433 g/mol. The van der Waals surface area contributed by atoms with Crippen molar-refractivity contribution < 1.29 is 18.8 Å². The molecule has 0 saturated carbocycles. The predicted octanol–water partition coefficient (Wildman–Crippen LogP) is 3.32. The SMILES string of the molecule is CCN1C(=O)[C@@]2(c3ccccc31)[C@@H]1C(=O)N(c3ccc(F)c(Cl)c3)C(=O)[C@@H]1[C@@H]1CCCN12. The molecule has 0 aliphatic carbocycles. The number of anilines is 2. The van der Waals surface area contributed by atoms with Crippen molar-refractivity contribution in [2.75, 3.05) is 22.9 Å². The molecule has 0 unspecified atom stereocenters. The first-order chi connectivity index (χ1) is 15.4. The topological polar surface area (TPSA) is 60.9 Å². The maximum absolute atomic E-state index is 14.0. The number of likely N-dealkylation sites (N-methyl/N-ethyl adjacent to an activating group) is 1. The quantitative estimate of drug-likeness (QED) is 0.654. The van der Waals surface area contributed by atoms with Gasteiger partial charge in [-0.05, 0) is 50.6 Å². The molecule has 0 bridgehead atoms. The number of rotatable bonds is 2. The highest BCUT2D eigenvalue weighted by Crippen LogP contribution is 2.61. The second-order valence-corrected chi connectivity index (χ2v) is 9.26. The number of amides is 3. The number of hydrogen-bond acceptors (Lipinski definition) is 4. The molecule has 4 heterocycles. The van der Waals surface area contributed by atoms with Crippen molar-refractivity contribution >= 4 is 40.7 Å². The van der Waals surface area contributed by atoms with Crippen LogP contribution in [-0.4, -0.2) is 41.8 Å². The van der Waals surface area contributed by atoms with Gasteiger partial charge in [0.2, 0.25) is 11.8 Å². The molecule has 0 N–H and O–H groups in total. The third kappa shape index (κ3) is 2.16. The van der Waals surface area contributed by atoms with Gasteiger partial charge in [0, 0.05) is 23.8 Å². The Morgan fingerprint density at radius 2 is 1.91 bits per heavy atom. The van der Waals surface area contributed by atoms with E-state index in [2.05, 4.69) is 4.90 Å². The van der Waals surface area contributed by atoms with Crippen molar-refractivity contribution in [3.05, 3.63) is 58.9 Å². The number of para-hydroxylation sites is 1. The van der Waals surface area contributed by atoms with Gasteiger partial charge < -0.3 is 4.90 Å². The van der Waals surface area contributed by atoms with Gasteiger partial charge in [-0.15, -0.1) is 0 Å². The van der Waals surface area contributed by atoms with Crippen LogP contribution in [0.5, 0.6) is 0 Å². The minimum absolute atomic E-state index is 0.138. The summed E-state index contributed by atoms with van der Waals surface area (Å²) in [5.41, 5.74) is 0.650. The first-order valence-corrected chi connectivity index (χ1v) is 11.3. The fourth-order valence-corrected chi connectivity index (χ4v) is 6.71. The minimum atomic E-state index is -1.19. The fourth-order valence-electron chi connectivity index (χ4n) is 6.53. The molecule has 3 saturated heterocycles. The molecular formula is C24H21ClFN3O3. The molecule has 4 aliphatic rings. The summed E-state index contributed by atoms with van der Waals surface area (Å²) in [4.78, 5) is 46.6. The average Bonchev–Trinajstić information content (AvgIpc) is 3.48. The summed E-state index contributed by atoms with van der Waals surface area (Å²) in [7, 11) is 0. The number of fused-ring (bicyclic) bond motifs is 7. The molecule has 3 fully saturated rings. The van der Waals surface area contributed by atoms with E-state index in [9.17, 15) is 18.8 Å². The molecule has 4 atom stereocenters. The molecule has 3 amide bonds. The lowest BCUT2D eigenvalue weighted by atomic mass is 9.75. The predicted molar refractivity (Wildman–Crippen MR) is 117 cm³/mol. The van der Waals surface area contributed by atoms with Crippen molar-refractivity contribution in [1.82, 2.24) is 4.90 Å². The normalized spacial score (nSPS) is 31.1. The third-order valence-corrected chi connectivity index (χ3v) is 7.91. The van der Waals surface area contributed by atoms with Crippen LogP contribution in [-0.2, 0) is 19.9 Å². The lowest BCUT2D eigenvalue weighted by molar-refractivity contribution is -0.137. The first-order valence-electron chi connectivity index (χ1n) is 10.9. The Morgan fingerprint density at radius 3 is 2.66 bits per heavy atom. The van der Waals surface area contributed by atoms with Crippen molar-refractivity contribution in [1.29, 1.82) is 0 Å². The zero-order valence-corrected chi connectivity index (χ0v) is 18.2. The van der Waals surface area contributed by atoms with Crippen molar-refractivity contribution in [2.24, 2.45) is 11.8 Å². The van der Waals surface area contributed by atoms with Gasteiger partial charge in [-0.1, -0.05) is 29.8 Å². The van der Waals surface area contributed by atoms with Gasteiger partial charge in [0.1, 0.15) is 11.4 Å². The van der Waals surface area contributed by atoms with Crippen LogP contribution in [0.2, 0.25) is 5.02 Å². The van der Waals surface area contributed by atoms with Crippen LogP contribution in [0.15, 0.2) is 42.5 Å². The maximum Gasteiger partial charge on any atom is 0.253 e. The monoisotopic (exact) mass is 453 g/mol. The second-order valence-electron chi connectivity index (χ2n) is 8.85. The average molecular weight is 454 g/mol. The first kappa shape index (κ1) is 19.9. The minimum Gasteiger partial charge on any atom is -0.310 e. The van der Waals surface area contributed by atoms with Crippen molar-refractivity contribution in [2.45, 2.75) is 31.3 Å². The van der Waals surface area contributed by atoms with Gasteiger partial charge >= 0.3 is 0 Å². The largest absolute Gasteiger partial charge is 0.310 e. The smallest absolute Gasteiger partial charge is 0.253 e. The summed E-state index contributed by atoms with van der Waals surface area (Å²) in [6, 6.07) is 11.2. The Labute approximate surface area is 189 Å². The van der Waals surface area contributed by atoms with E-state index in [-0.39, 0.29) is 28.6 Å². The summed E-state index contributed by atoms with van der Waals surface area (Å²) >= 11 is 5.95. The molecule has 8 heteroatoms. The van der Waals surface area contributed by atoms with Crippen LogP contribution in [0.25, 0.3) is 0 Å². The van der Waals surface area contributed by atoms with Crippen LogP contribution in [0.3, 0.4) is 0 Å². The Kier molecular flexibility index (Phi) is 4.11. The van der Waals surface area contributed by atoms with E-state index in [1.807, 2.05) is 31.2 Å². The second kappa shape index (κ2) is 6.62. The highest BCUT2D eigenvalue weighted by Gasteiger charge is 2.75. The fraction of sp³-hybridized carbons (Fsp3) is 0.375. The summed E-state index contributed by atoms with van der Waals surface area (Å²) in [6.45, 7) is 3.06. The van der Waals surface area contributed by atoms with E-state index in [4.69, 9.17) is 11.6 Å². The van der Waals surface area contributed by atoms with E-state index < -0.39 is 29.1 Å². The Hall–Kier alpha value is -2.77. The van der Waals surface area contributed by atoms with Gasteiger partial charge in [-0.2, -0.15) is 0 Å². The molecule has 164 valence electrons. The van der Waals surface area contributed by atoms with Gasteiger partial charge in [0.15, 0.2) is 0 Å². The van der Waals surface area contributed by atoms with Gasteiger partial charge in [-0.25, -0.2) is 9.29 Å². The van der Waals surface area contributed by atoms with Crippen molar-refractivity contribution in [3.8, 4) is 0 Å². The Bertz CT molecular complexity index is 1200. The number of nitrogens with zero attached hydrogens (tertiary/aromatic N) is 3. The van der Waals surface area contributed by atoms with Crippen LogP contribution >= 0.6 is 11.6 Å². The van der Waals surface area contributed by atoms with Crippen LogP contribution in [0, 0.1) is 17.7 Å². The molecule has 6 nitrogen and oxygen atoms in total. The van der Waals surface area contributed by atoms with Crippen LogP contribution < -0.4 is 9.80 Å². The summed E-state index contributed by atoms with van der Waals surface area (Å²) in [5, 5.41) is -0.156. The van der Waals surface area contributed by atoms with Gasteiger partial charge in [0.25, 0.3) is 5.91 Å². The van der Waals surface area contributed by atoms with E-state index in [0.29, 0.717) is 13.1 Å². The lowest BCUT2D eigenvalue weighted by Crippen LogP contribution is -2.56. The molecule has 2 aromatic rings. The van der Waals surface area contributed by atoms with Crippen LogP contribution in [0.1, 0.15) is 25.3 Å². The number of benzene rings is 2. The highest BCUT2D eigenvalue weighted by atomic mass is 35.5. The Morgan fingerprint density at radius 1 is 1.12 bits per heavy atom. The number of hydrogen-bond donors (Lipinski definition) is 0. The molecule has 1 spiro atoms. The molecule has 6 rings (SSSR count).